The van der Waals surface area contributed by atoms with E-state index in [2.05, 4.69) is 46.7 Å². The Morgan fingerprint density at radius 3 is 2.76 bits per heavy atom. The van der Waals surface area contributed by atoms with Crippen LogP contribution in [0.2, 0.25) is 5.02 Å². The molecule has 3 aromatic rings. The van der Waals surface area contributed by atoms with Crippen molar-refractivity contribution in [3.8, 4) is 11.8 Å². The van der Waals surface area contributed by atoms with Gasteiger partial charge in [0.2, 0.25) is 5.95 Å². The lowest BCUT2D eigenvalue weighted by molar-refractivity contribution is 0.0574. The van der Waals surface area contributed by atoms with Gasteiger partial charge in [-0.2, -0.15) is 5.26 Å². The first-order valence-corrected chi connectivity index (χ1v) is 11.7. The SMILES string of the molecule is Cc1ccnc(N2CC3(CC(c4nnc5n4-c4ccc(Cl)cc4CN(C(C)C#N)C5)C3)C2)n1. The zero-order valence-electron chi connectivity index (χ0n) is 18.7. The van der Waals surface area contributed by atoms with Crippen LogP contribution in [0.1, 0.15) is 48.6 Å². The van der Waals surface area contributed by atoms with E-state index in [0.29, 0.717) is 29.4 Å². The van der Waals surface area contributed by atoms with Crippen LogP contribution in [0.4, 0.5) is 5.95 Å². The van der Waals surface area contributed by atoms with Gasteiger partial charge in [-0.3, -0.25) is 9.47 Å². The molecule has 1 unspecified atom stereocenters. The predicted molar refractivity (Wildman–Crippen MR) is 124 cm³/mol. The summed E-state index contributed by atoms with van der Waals surface area (Å²) in [7, 11) is 0. The van der Waals surface area contributed by atoms with Crippen LogP contribution in [-0.2, 0) is 13.1 Å². The lowest BCUT2D eigenvalue weighted by Gasteiger charge is -2.58. The third kappa shape index (κ3) is 3.38. The minimum atomic E-state index is -0.222. The fourth-order valence-electron chi connectivity index (χ4n) is 5.59. The van der Waals surface area contributed by atoms with Gasteiger partial charge in [0, 0.05) is 47.9 Å². The maximum Gasteiger partial charge on any atom is 0.225 e. The molecule has 9 heteroatoms. The zero-order chi connectivity index (χ0) is 22.7. The van der Waals surface area contributed by atoms with E-state index < -0.39 is 0 Å². The molecule has 8 nitrogen and oxygen atoms in total. The van der Waals surface area contributed by atoms with Crippen LogP contribution in [0.3, 0.4) is 0 Å². The number of hydrogen-bond acceptors (Lipinski definition) is 7. The zero-order valence-corrected chi connectivity index (χ0v) is 19.5. The molecule has 1 spiro atoms. The van der Waals surface area contributed by atoms with Gasteiger partial charge in [-0.15, -0.1) is 10.2 Å². The highest BCUT2D eigenvalue weighted by Crippen LogP contribution is 2.56. The topological polar surface area (TPSA) is 86.8 Å². The van der Waals surface area contributed by atoms with Crippen LogP contribution in [0.15, 0.2) is 30.5 Å². The quantitative estimate of drug-likeness (QED) is 0.589. The third-order valence-electron chi connectivity index (χ3n) is 7.33. The summed E-state index contributed by atoms with van der Waals surface area (Å²) in [6.45, 7) is 7.16. The summed E-state index contributed by atoms with van der Waals surface area (Å²) in [4.78, 5) is 13.4. The summed E-state index contributed by atoms with van der Waals surface area (Å²) in [6, 6.07) is 10.0. The second kappa shape index (κ2) is 7.51. The predicted octanol–water partition coefficient (Wildman–Crippen LogP) is 3.63. The van der Waals surface area contributed by atoms with Crippen LogP contribution in [-0.4, -0.2) is 48.8 Å². The summed E-state index contributed by atoms with van der Waals surface area (Å²) in [5.41, 5.74) is 3.49. The first kappa shape index (κ1) is 20.6. The van der Waals surface area contributed by atoms with Crippen molar-refractivity contribution < 1.29 is 0 Å². The molecular weight excluding hydrogens is 436 g/mol. The minimum Gasteiger partial charge on any atom is -0.340 e. The number of hydrogen-bond donors (Lipinski definition) is 0. The van der Waals surface area contributed by atoms with Gasteiger partial charge < -0.3 is 4.90 Å². The molecule has 0 N–H and O–H groups in total. The Hall–Kier alpha value is -3.02. The largest absolute Gasteiger partial charge is 0.340 e. The molecule has 168 valence electrons. The molecule has 0 bridgehead atoms. The fraction of sp³-hybridized carbons (Fsp3) is 0.458. The molecule has 3 aliphatic rings. The van der Waals surface area contributed by atoms with Gasteiger partial charge in [0.15, 0.2) is 5.82 Å². The van der Waals surface area contributed by atoms with E-state index >= 15 is 0 Å². The van der Waals surface area contributed by atoms with Crippen LogP contribution in [0.5, 0.6) is 0 Å². The number of aryl methyl sites for hydroxylation is 1. The second-order valence-electron chi connectivity index (χ2n) is 9.75. The van der Waals surface area contributed by atoms with Crippen molar-refractivity contribution in [3.05, 3.63) is 58.4 Å². The van der Waals surface area contributed by atoms with Gasteiger partial charge in [0.1, 0.15) is 5.82 Å². The summed E-state index contributed by atoms with van der Waals surface area (Å²) >= 11 is 6.33. The Balaban J connectivity index is 1.26. The standard InChI is InChI=1S/C24H25ClN8/c1-15-5-6-27-23(28-15)32-13-24(14-32)8-18(9-24)22-30-29-21-12-31(16(2)10-26)11-17-7-19(25)3-4-20(17)33(21)22/h3-7,16,18H,8-9,11-14H2,1-2H3. The van der Waals surface area contributed by atoms with Gasteiger partial charge in [-0.25, -0.2) is 9.97 Å². The van der Waals surface area contributed by atoms with Crippen molar-refractivity contribution >= 4 is 17.5 Å². The van der Waals surface area contributed by atoms with Gasteiger partial charge in [0.25, 0.3) is 0 Å². The second-order valence-corrected chi connectivity index (χ2v) is 10.2. The molecule has 6 rings (SSSR count). The molecule has 2 aliphatic heterocycles. The van der Waals surface area contributed by atoms with Gasteiger partial charge in [-0.1, -0.05) is 11.6 Å². The van der Waals surface area contributed by atoms with Gasteiger partial charge in [0.05, 0.1) is 24.3 Å². The summed E-state index contributed by atoms with van der Waals surface area (Å²) in [5, 5.41) is 19.4. The average molecular weight is 461 g/mol. The highest BCUT2D eigenvalue weighted by molar-refractivity contribution is 6.30. The van der Waals surface area contributed by atoms with E-state index in [-0.39, 0.29) is 6.04 Å². The van der Waals surface area contributed by atoms with E-state index in [0.717, 1.165) is 60.5 Å². The highest BCUT2D eigenvalue weighted by Gasteiger charge is 2.54. The van der Waals surface area contributed by atoms with E-state index in [1.54, 1.807) is 0 Å². The van der Waals surface area contributed by atoms with E-state index in [1.807, 2.05) is 38.2 Å². The van der Waals surface area contributed by atoms with E-state index in [4.69, 9.17) is 11.6 Å². The molecule has 2 aromatic heterocycles. The lowest BCUT2D eigenvalue weighted by Crippen LogP contribution is -2.62. The summed E-state index contributed by atoms with van der Waals surface area (Å²) in [6.07, 6.45) is 4.02. The number of fused-ring (bicyclic) bond motifs is 3. The van der Waals surface area contributed by atoms with Crippen molar-refractivity contribution in [1.29, 1.82) is 5.26 Å². The first-order chi connectivity index (χ1) is 15.9. The molecule has 1 saturated carbocycles. The minimum absolute atomic E-state index is 0.222. The number of nitrogens with zero attached hydrogens (tertiary/aromatic N) is 8. The molecule has 2 fully saturated rings. The molecule has 1 aromatic carbocycles. The summed E-state index contributed by atoms with van der Waals surface area (Å²) < 4.78 is 2.22. The number of rotatable bonds is 3. The smallest absolute Gasteiger partial charge is 0.225 e. The maximum atomic E-state index is 9.51. The monoisotopic (exact) mass is 460 g/mol. The Kier molecular flexibility index (Phi) is 4.68. The number of aromatic nitrogens is 5. The van der Waals surface area contributed by atoms with Crippen LogP contribution < -0.4 is 4.90 Å². The highest BCUT2D eigenvalue weighted by atomic mass is 35.5. The van der Waals surface area contributed by atoms with Crippen LogP contribution in [0, 0.1) is 23.7 Å². The van der Waals surface area contributed by atoms with Crippen molar-refractivity contribution in [2.24, 2.45) is 5.41 Å². The molecule has 33 heavy (non-hydrogen) atoms. The molecule has 0 radical (unpaired) electrons. The lowest BCUT2D eigenvalue weighted by atomic mass is 9.57. The van der Waals surface area contributed by atoms with E-state index in [1.165, 1.54) is 0 Å². The number of anilines is 1. The molecule has 0 amide bonds. The van der Waals surface area contributed by atoms with Crippen molar-refractivity contribution in [2.75, 3.05) is 18.0 Å². The van der Waals surface area contributed by atoms with Crippen LogP contribution >= 0.6 is 11.6 Å². The Morgan fingerprint density at radius 2 is 2.00 bits per heavy atom. The number of nitriles is 1. The van der Waals surface area contributed by atoms with Crippen molar-refractivity contribution in [3.63, 3.8) is 0 Å². The van der Waals surface area contributed by atoms with Gasteiger partial charge >= 0.3 is 0 Å². The molecular formula is C24H25ClN8. The van der Waals surface area contributed by atoms with E-state index in [9.17, 15) is 5.26 Å². The number of halogens is 1. The first-order valence-electron chi connectivity index (χ1n) is 11.4. The molecule has 1 aliphatic carbocycles. The van der Waals surface area contributed by atoms with Crippen molar-refractivity contribution in [2.45, 2.75) is 51.7 Å². The fourth-order valence-corrected chi connectivity index (χ4v) is 5.78. The molecule has 4 heterocycles. The normalized spacial score (nSPS) is 20.2. The maximum absolute atomic E-state index is 9.51. The van der Waals surface area contributed by atoms with Gasteiger partial charge in [-0.05, 0) is 56.5 Å². The number of benzene rings is 1. The average Bonchev–Trinajstić information content (AvgIpc) is 3.06. The summed E-state index contributed by atoms with van der Waals surface area (Å²) in [5.74, 6) is 3.11. The van der Waals surface area contributed by atoms with Crippen molar-refractivity contribution in [1.82, 2.24) is 29.6 Å². The van der Waals surface area contributed by atoms with Crippen LogP contribution in [0.25, 0.3) is 5.69 Å². The Bertz CT molecular complexity index is 1260. The third-order valence-corrected chi connectivity index (χ3v) is 7.57. The molecule has 1 saturated heterocycles. The Morgan fingerprint density at radius 1 is 1.18 bits per heavy atom. The Labute approximate surface area is 197 Å². The molecule has 1 atom stereocenters.